The molecule has 0 radical (unpaired) electrons. The highest BCUT2D eigenvalue weighted by Crippen LogP contribution is 2.35. The van der Waals surface area contributed by atoms with Gasteiger partial charge in [-0.2, -0.15) is 0 Å². The largest absolute Gasteiger partial charge is 0.378 e. The number of ether oxygens (including phenoxy) is 1. The van der Waals surface area contributed by atoms with E-state index in [4.69, 9.17) is 4.74 Å². The first-order valence-electron chi connectivity index (χ1n) is 8.12. The fourth-order valence-electron chi connectivity index (χ4n) is 3.81. The van der Waals surface area contributed by atoms with E-state index in [1.807, 2.05) is 0 Å². The van der Waals surface area contributed by atoms with E-state index in [1.165, 1.54) is 44.9 Å². The Morgan fingerprint density at radius 1 is 1.26 bits per heavy atom. The lowest BCUT2D eigenvalue weighted by atomic mass is 9.75. The quantitative estimate of drug-likeness (QED) is 0.750. The van der Waals surface area contributed by atoms with Crippen LogP contribution in [0.4, 0.5) is 0 Å². The van der Waals surface area contributed by atoms with Gasteiger partial charge < -0.3 is 15.0 Å². The molecule has 19 heavy (non-hydrogen) atoms. The van der Waals surface area contributed by atoms with Gasteiger partial charge in [0, 0.05) is 18.7 Å². The standard InChI is InChI=1S/C16H32N2O/c1-14-6-4-9-16(12-14,18(2)3)13-17-10-8-15-7-5-11-19-15/h14-15,17H,4-13H2,1-3H3. The summed E-state index contributed by atoms with van der Waals surface area (Å²) in [6.07, 6.45) is 9.69. The molecule has 0 spiro atoms. The van der Waals surface area contributed by atoms with Gasteiger partial charge in [0.15, 0.2) is 0 Å². The zero-order valence-corrected chi connectivity index (χ0v) is 13.1. The minimum Gasteiger partial charge on any atom is -0.378 e. The Hall–Kier alpha value is -0.120. The van der Waals surface area contributed by atoms with Crippen LogP contribution in [0.5, 0.6) is 0 Å². The molecule has 2 fully saturated rings. The van der Waals surface area contributed by atoms with Gasteiger partial charge in [-0.05, 0) is 58.7 Å². The van der Waals surface area contributed by atoms with E-state index < -0.39 is 0 Å². The first-order valence-corrected chi connectivity index (χ1v) is 8.12. The summed E-state index contributed by atoms with van der Waals surface area (Å²) < 4.78 is 5.68. The Bertz CT molecular complexity index is 263. The van der Waals surface area contributed by atoms with Crippen LogP contribution in [0.2, 0.25) is 0 Å². The maximum Gasteiger partial charge on any atom is 0.0588 e. The fraction of sp³-hybridized carbons (Fsp3) is 1.00. The predicted molar refractivity (Wildman–Crippen MR) is 80.5 cm³/mol. The molecular weight excluding hydrogens is 236 g/mol. The average molecular weight is 268 g/mol. The summed E-state index contributed by atoms with van der Waals surface area (Å²) in [5.74, 6) is 0.871. The van der Waals surface area contributed by atoms with Crippen LogP contribution in [-0.4, -0.2) is 50.3 Å². The van der Waals surface area contributed by atoms with Crippen molar-refractivity contribution < 1.29 is 4.74 Å². The zero-order chi connectivity index (χ0) is 13.7. The molecule has 0 aromatic heterocycles. The third kappa shape index (κ3) is 4.17. The highest BCUT2D eigenvalue weighted by molar-refractivity contribution is 4.94. The van der Waals surface area contributed by atoms with Gasteiger partial charge in [0.1, 0.15) is 0 Å². The summed E-state index contributed by atoms with van der Waals surface area (Å²) in [6.45, 7) is 5.62. The van der Waals surface area contributed by atoms with E-state index in [2.05, 4.69) is 31.2 Å². The van der Waals surface area contributed by atoms with Crippen LogP contribution >= 0.6 is 0 Å². The van der Waals surface area contributed by atoms with Crippen LogP contribution in [-0.2, 0) is 4.74 Å². The van der Waals surface area contributed by atoms with Gasteiger partial charge in [-0.3, -0.25) is 0 Å². The molecule has 3 atom stereocenters. The molecule has 1 saturated carbocycles. The fourth-order valence-corrected chi connectivity index (χ4v) is 3.81. The van der Waals surface area contributed by atoms with E-state index in [0.29, 0.717) is 11.6 Å². The van der Waals surface area contributed by atoms with E-state index in [9.17, 15) is 0 Å². The molecule has 3 heteroatoms. The predicted octanol–water partition coefficient (Wildman–Crippen LogP) is 2.66. The Balaban J connectivity index is 1.73. The molecule has 0 aromatic carbocycles. The number of likely N-dealkylation sites (N-methyl/N-ethyl adjacent to an activating group) is 1. The number of hydrogen-bond donors (Lipinski definition) is 1. The third-order valence-electron chi connectivity index (χ3n) is 5.14. The summed E-state index contributed by atoms with van der Waals surface area (Å²) in [5.41, 5.74) is 0.383. The van der Waals surface area contributed by atoms with E-state index in [0.717, 1.165) is 25.6 Å². The van der Waals surface area contributed by atoms with Crippen LogP contribution in [0.25, 0.3) is 0 Å². The Morgan fingerprint density at radius 3 is 2.74 bits per heavy atom. The molecule has 1 heterocycles. The van der Waals surface area contributed by atoms with Crippen molar-refractivity contribution in [3.63, 3.8) is 0 Å². The Labute approximate surface area is 119 Å². The molecule has 3 nitrogen and oxygen atoms in total. The molecule has 112 valence electrons. The highest BCUT2D eigenvalue weighted by atomic mass is 16.5. The SMILES string of the molecule is CC1CCCC(CNCCC2CCCO2)(N(C)C)C1. The zero-order valence-electron chi connectivity index (χ0n) is 13.1. The van der Waals surface area contributed by atoms with Gasteiger partial charge in [-0.1, -0.05) is 19.8 Å². The van der Waals surface area contributed by atoms with Crippen LogP contribution in [0.1, 0.15) is 51.9 Å². The third-order valence-corrected chi connectivity index (χ3v) is 5.14. The minimum atomic E-state index is 0.383. The van der Waals surface area contributed by atoms with Crippen molar-refractivity contribution in [2.24, 2.45) is 5.92 Å². The van der Waals surface area contributed by atoms with Crippen molar-refractivity contribution >= 4 is 0 Å². The first-order chi connectivity index (χ1) is 9.12. The second kappa shape index (κ2) is 7.05. The second-order valence-electron chi connectivity index (χ2n) is 6.92. The molecule has 1 aliphatic carbocycles. The number of hydrogen-bond acceptors (Lipinski definition) is 3. The summed E-state index contributed by atoms with van der Waals surface area (Å²) in [5, 5.41) is 3.70. The molecule has 1 saturated heterocycles. The van der Waals surface area contributed by atoms with Crippen molar-refractivity contribution in [3.8, 4) is 0 Å². The van der Waals surface area contributed by atoms with Crippen LogP contribution < -0.4 is 5.32 Å². The maximum absolute atomic E-state index is 5.68. The minimum absolute atomic E-state index is 0.383. The van der Waals surface area contributed by atoms with Gasteiger partial charge in [0.25, 0.3) is 0 Å². The van der Waals surface area contributed by atoms with Crippen molar-refractivity contribution in [3.05, 3.63) is 0 Å². The molecule has 0 bridgehead atoms. The van der Waals surface area contributed by atoms with Gasteiger partial charge in [0.05, 0.1) is 6.10 Å². The molecule has 0 amide bonds. The van der Waals surface area contributed by atoms with Gasteiger partial charge >= 0.3 is 0 Å². The van der Waals surface area contributed by atoms with E-state index in [1.54, 1.807) is 0 Å². The molecule has 1 N–H and O–H groups in total. The van der Waals surface area contributed by atoms with Crippen molar-refractivity contribution in [2.45, 2.75) is 63.5 Å². The Kier molecular flexibility index (Phi) is 5.67. The maximum atomic E-state index is 5.68. The van der Waals surface area contributed by atoms with Gasteiger partial charge in [-0.25, -0.2) is 0 Å². The topological polar surface area (TPSA) is 24.5 Å². The van der Waals surface area contributed by atoms with E-state index in [-0.39, 0.29) is 0 Å². The lowest BCUT2D eigenvalue weighted by Gasteiger charge is -2.45. The highest BCUT2D eigenvalue weighted by Gasteiger charge is 2.36. The summed E-state index contributed by atoms with van der Waals surface area (Å²) >= 11 is 0. The molecule has 3 unspecified atom stereocenters. The first kappa shape index (κ1) is 15.3. The van der Waals surface area contributed by atoms with Crippen LogP contribution in [0.3, 0.4) is 0 Å². The number of nitrogens with one attached hydrogen (secondary N) is 1. The molecule has 0 aromatic rings. The van der Waals surface area contributed by atoms with Crippen molar-refractivity contribution in [1.82, 2.24) is 10.2 Å². The van der Waals surface area contributed by atoms with Gasteiger partial charge in [0.2, 0.25) is 0 Å². The summed E-state index contributed by atoms with van der Waals surface area (Å²) in [4.78, 5) is 2.46. The number of rotatable bonds is 6. The molecule has 2 rings (SSSR count). The lowest BCUT2D eigenvalue weighted by Crippen LogP contribution is -2.54. The summed E-state index contributed by atoms with van der Waals surface area (Å²) in [7, 11) is 4.50. The second-order valence-corrected chi connectivity index (χ2v) is 6.92. The molecule has 2 aliphatic rings. The molecular formula is C16H32N2O. The van der Waals surface area contributed by atoms with Crippen molar-refractivity contribution in [1.29, 1.82) is 0 Å². The van der Waals surface area contributed by atoms with Crippen LogP contribution in [0, 0.1) is 5.92 Å². The average Bonchev–Trinajstić information content (AvgIpc) is 2.87. The van der Waals surface area contributed by atoms with Crippen molar-refractivity contribution in [2.75, 3.05) is 33.8 Å². The monoisotopic (exact) mass is 268 g/mol. The normalized spacial score (nSPS) is 36.0. The lowest BCUT2D eigenvalue weighted by molar-refractivity contribution is 0.0713. The smallest absolute Gasteiger partial charge is 0.0588 e. The number of nitrogens with zero attached hydrogens (tertiary/aromatic N) is 1. The Morgan fingerprint density at radius 2 is 2.11 bits per heavy atom. The summed E-state index contributed by atoms with van der Waals surface area (Å²) in [6, 6.07) is 0. The van der Waals surface area contributed by atoms with Gasteiger partial charge in [-0.15, -0.1) is 0 Å². The van der Waals surface area contributed by atoms with Crippen LogP contribution in [0.15, 0.2) is 0 Å². The molecule has 1 aliphatic heterocycles. The van der Waals surface area contributed by atoms with E-state index >= 15 is 0 Å².